The Morgan fingerprint density at radius 2 is 1.82 bits per heavy atom. The van der Waals surface area contributed by atoms with Crippen molar-refractivity contribution in [2.75, 3.05) is 26.7 Å². The summed E-state index contributed by atoms with van der Waals surface area (Å²) in [5.41, 5.74) is 2.29. The lowest BCUT2D eigenvalue weighted by molar-refractivity contribution is 0.284. The van der Waals surface area contributed by atoms with Crippen molar-refractivity contribution in [2.24, 2.45) is 5.92 Å². The van der Waals surface area contributed by atoms with Crippen LogP contribution in [-0.4, -0.2) is 37.7 Å². The number of halogens is 1. The van der Waals surface area contributed by atoms with E-state index in [1.54, 1.807) is 7.11 Å². The Kier molecular flexibility index (Phi) is 6.40. The fraction of sp³-hybridized carbons (Fsp3) is 0.478. The van der Waals surface area contributed by atoms with E-state index < -0.39 is 0 Å². The fourth-order valence-corrected chi connectivity index (χ4v) is 4.03. The number of rotatable bonds is 9. The van der Waals surface area contributed by atoms with Gasteiger partial charge in [0.1, 0.15) is 6.61 Å². The molecule has 0 bridgehead atoms. The number of nitrogens with one attached hydrogen (secondary N) is 1. The minimum Gasteiger partial charge on any atom is -0.493 e. The summed E-state index contributed by atoms with van der Waals surface area (Å²) in [5.74, 6) is 2.32. The number of likely N-dealkylation sites (tertiary alicyclic amines) is 1. The molecule has 1 atom stereocenters. The summed E-state index contributed by atoms with van der Waals surface area (Å²) in [6, 6.07) is 14.8. The fourth-order valence-electron chi connectivity index (χ4n) is 3.90. The zero-order valence-electron chi connectivity index (χ0n) is 16.5. The third kappa shape index (κ3) is 5.19. The van der Waals surface area contributed by atoms with E-state index in [4.69, 9.17) is 21.1 Å². The van der Waals surface area contributed by atoms with Crippen molar-refractivity contribution in [3.63, 3.8) is 0 Å². The van der Waals surface area contributed by atoms with E-state index in [2.05, 4.69) is 22.3 Å². The summed E-state index contributed by atoms with van der Waals surface area (Å²) in [4.78, 5) is 2.67. The van der Waals surface area contributed by atoms with E-state index in [0.29, 0.717) is 6.61 Å². The molecule has 1 heterocycles. The lowest BCUT2D eigenvalue weighted by Gasteiger charge is -2.16. The van der Waals surface area contributed by atoms with Gasteiger partial charge in [0.25, 0.3) is 0 Å². The maximum atomic E-state index is 5.94. The van der Waals surface area contributed by atoms with Gasteiger partial charge in [-0.1, -0.05) is 29.8 Å². The molecule has 1 N–H and O–H groups in total. The Morgan fingerprint density at radius 1 is 1.04 bits per heavy atom. The van der Waals surface area contributed by atoms with Crippen molar-refractivity contribution in [1.82, 2.24) is 10.2 Å². The molecule has 1 aliphatic carbocycles. The molecule has 1 saturated carbocycles. The van der Waals surface area contributed by atoms with Gasteiger partial charge in [0, 0.05) is 24.2 Å². The smallest absolute Gasteiger partial charge is 0.161 e. The minimum absolute atomic E-state index is 0.490. The quantitative estimate of drug-likeness (QED) is 0.671. The Labute approximate surface area is 172 Å². The predicted molar refractivity (Wildman–Crippen MR) is 113 cm³/mol. The van der Waals surface area contributed by atoms with Crippen LogP contribution in [0.4, 0.5) is 0 Å². The normalized spacial score (nSPS) is 19.7. The summed E-state index contributed by atoms with van der Waals surface area (Å²) >= 11 is 5.93. The highest BCUT2D eigenvalue weighted by Crippen LogP contribution is 2.32. The van der Waals surface area contributed by atoms with Crippen molar-refractivity contribution in [1.29, 1.82) is 0 Å². The maximum absolute atomic E-state index is 5.94. The van der Waals surface area contributed by atoms with E-state index in [1.165, 1.54) is 37.9 Å². The lowest BCUT2D eigenvalue weighted by Crippen LogP contribution is -2.27. The highest BCUT2D eigenvalue weighted by molar-refractivity contribution is 6.30. The Morgan fingerprint density at radius 3 is 2.57 bits per heavy atom. The molecule has 4 nitrogen and oxygen atoms in total. The van der Waals surface area contributed by atoms with Crippen LogP contribution >= 0.6 is 11.6 Å². The molecular formula is C23H29ClN2O2. The van der Waals surface area contributed by atoms with Crippen LogP contribution < -0.4 is 14.8 Å². The first-order valence-electron chi connectivity index (χ1n) is 10.2. The zero-order valence-corrected chi connectivity index (χ0v) is 17.3. The Bertz CT molecular complexity index is 777. The topological polar surface area (TPSA) is 33.7 Å². The van der Waals surface area contributed by atoms with Crippen molar-refractivity contribution < 1.29 is 9.47 Å². The second-order valence-corrected chi connectivity index (χ2v) is 8.35. The molecule has 2 fully saturated rings. The second-order valence-electron chi connectivity index (χ2n) is 7.91. The van der Waals surface area contributed by atoms with Crippen LogP contribution in [0, 0.1) is 5.92 Å². The first kappa shape index (κ1) is 19.6. The Hall–Kier alpha value is -1.75. The van der Waals surface area contributed by atoms with Crippen molar-refractivity contribution >= 4 is 11.6 Å². The molecule has 4 rings (SSSR count). The molecule has 1 unspecified atom stereocenters. The first-order valence-corrected chi connectivity index (χ1v) is 10.6. The molecule has 1 saturated heterocycles. The molecule has 2 aromatic carbocycles. The lowest BCUT2D eigenvalue weighted by atomic mass is 10.1. The summed E-state index contributed by atoms with van der Waals surface area (Å²) in [5, 5.41) is 4.35. The van der Waals surface area contributed by atoms with Crippen LogP contribution in [0.3, 0.4) is 0 Å². The third-order valence-corrected chi connectivity index (χ3v) is 5.93. The molecule has 0 spiro atoms. The molecule has 28 heavy (non-hydrogen) atoms. The van der Waals surface area contributed by atoms with Gasteiger partial charge in [-0.15, -0.1) is 0 Å². The van der Waals surface area contributed by atoms with E-state index >= 15 is 0 Å². The van der Waals surface area contributed by atoms with Gasteiger partial charge < -0.3 is 19.7 Å². The largest absolute Gasteiger partial charge is 0.493 e. The van der Waals surface area contributed by atoms with Crippen molar-refractivity contribution in [3.05, 3.63) is 58.6 Å². The molecule has 2 aromatic rings. The van der Waals surface area contributed by atoms with E-state index in [0.717, 1.165) is 47.1 Å². The number of ether oxygens (including phenoxy) is 2. The Balaban J connectivity index is 1.26. The van der Waals surface area contributed by atoms with Crippen LogP contribution in [0.25, 0.3) is 0 Å². The van der Waals surface area contributed by atoms with Gasteiger partial charge in [-0.2, -0.15) is 0 Å². The average Bonchev–Trinajstić information content (AvgIpc) is 3.47. The van der Waals surface area contributed by atoms with Gasteiger partial charge >= 0.3 is 0 Å². The van der Waals surface area contributed by atoms with Gasteiger partial charge in [0.05, 0.1) is 7.11 Å². The van der Waals surface area contributed by atoms with E-state index in [9.17, 15) is 0 Å². The summed E-state index contributed by atoms with van der Waals surface area (Å²) in [6.45, 7) is 4.97. The highest BCUT2D eigenvalue weighted by Gasteiger charge is 2.33. The summed E-state index contributed by atoms with van der Waals surface area (Å²) in [6.07, 6.45) is 4.14. The molecular weight excluding hydrogens is 372 g/mol. The van der Waals surface area contributed by atoms with Crippen molar-refractivity contribution in [3.8, 4) is 11.5 Å². The van der Waals surface area contributed by atoms with E-state index in [1.807, 2.05) is 30.3 Å². The number of benzene rings is 2. The number of hydrogen-bond acceptors (Lipinski definition) is 4. The van der Waals surface area contributed by atoms with Gasteiger partial charge in [-0.25, -0.2) is 0 Å². The highest BCUT2D eigenvalue weighted by atomic mass is 35.5. The predicted octanol–water partition coefficient (Wildman–Crippen LogP) is 4.50. The zero-order chi connectivity index (χ0) is 19.3. The molecule has 2 aliphatic rings. The maximum Gasteiger partial charge on any atom is 0.161 e. The van der Waals surface area contributed by atoms with Crippen LogP contribution in [0.2, 0.25) is 5.02 Å². The van der Waals surface area contributed by atoms with Crippen LogP contribution in [0.15, 0.2) is 42.5 Å². The van der Waals surface area contributed by atoms with Crippen LogP contribution in [-0.2, 0) is 13.2 Å². The molecule has 0 radical (unpaired) electrons. The molecule has 1 aliphatic heterocycles. The molecule has 0 amide bonds. The van der Waals surface area contributed by atoms with E-state index in [-0.39, 0.29) is 0 Å². The molecule has 0 aromatic heterocycles. The summed E-state index contributed by atoms with van der Waals surface area (Å²) in [7, 11) is 1.69. The number of methoxy groups -OCH3 is 1. The monoisotopic (exact) mass is 400 g/mol. The number of hydrogen-bond donors (Lipinski definition) is 1. The average molecular weight is 401 g/mol. The standard InChI is InChI=1S/C23H29ClN2O2/c1-27-23-12-18(13-25-14-19-10-11-26(15-19)21-7-8-21)4-9-22(23)28-16-17-2-5-20(24)6-3-17/h2-6,9,12,19,21,25H,7-8,10-11,13-16H2,1H3. The van der Waals surface area contributed by atoms with Gasteiger partial charge in [0.15, 0.2) is 11.5 Å². The third-order valence-electron chi connectivity index (χ3n) is 5.68. The first-order chi connectivity index (χ1) is 13.7. The van der Waals surface area contributed by atoms with Gasteiger partial charge in [-0.05, 0) is 73.7 Å². The number of nitrogens with zero attached hydrogens (tertiary/aromatic N) is 1. The summed E-state index contributed by atoms with van der Waals surface area (Å²) < 4.78 is 11.5. The van der Waals surface area contributed by atoms with Gasteiger partial charge in [0.2, 0.25) is 0 Å². The molecule has 5 heteroatoms. The molecule has 150 valence electrons. The van der Waals surface area contributed by atoms with Crippen LogP contribution in [0.1, 0.15) is 30.4 Å². The SMILES string of the molecule is COc1cc(CNCC2CCN(C3CC3)C2)ccc1OCc1ccc(Cl)cc1. The minimum atomic E-state index is 0.490. The second kappa shape index (κ2) is 9.17. The van der Waals surface area contributed by atoms with Gasteiger partial charge in [-0.3, -0.25) is 0 Å². The van der Waals surface area contributed by atoms with Crippen LogP contribution in [0.5, 0.6) is 11.5 Å². The van der Waals surface area contributed by atoms with Crippen molar-refractivity contribution in [2.45, 2.75) is 38.5 Å².